The Morgan fingerprint density at radius 1 is 1.31 bits per heavy atom. The van der Waals surface area contributed by atoms with Crippen LogP contribution in [0.15, 0.2) is 12.1 Å². The van der Waals surface area contributed by atoms with E-state index in [0.717, 1.165) is 19.1 Å². The number of hydrogen-bond acceptors (Lipinski definition) is 4. The molecule has 88 valence electrons. The molecular formula is C8H10AsNO6. The summed E-state index contributed by atoms with van der Waals surface area (Å²) in [6, 6.07) is 1.76. The molecule has 0 aromatic heterocycles. The van der Waals surface area contributed by atoms with Gasteiger partial charge in [0.05, 0.1) is 0 Å². The third-order valence-corrected chi connectivity index (χ3v) is 3.73. The number of amides is 1. The second kappa shape index (κ2) is 4.21. The summed E-state index contributed by atoms with van der Waals surface area (Å²) in [5, 5.41) is 20.8. The Labute approximate surface area is 93.3 Å². The summed E-state index contributed by atoms with van der Waals surface area (Å²) >= 11 is -5.35. The van der Waals surface area contributed by atoms with Gasteiger partial charge in [-0.15, -0.1) is 0 Å². The van der Waals surface area contributed by atoms with Crippen LogP contribution >= 0.6 is 0 Å². The van der Waals surface area contributed by atoms with Crippen molar-refractivity contribution in [1.29, 1.82) is 0 Å². The van der Waals surface area contributed by atoms with Gasteiger partial charge in [0.15, 0.2) is 0 Å². The minimum atomic E-state index is -5.35. The van der Waals surface area contributed by atoms with Crippen molar-refractivity contribution >= 4 is 30.1 Å². The quantitative estimate of drug-likeness (QED) is 0.259. The monoisotopic (exact) mass is 291 g/mol. The Hall–Kier alpha value is -1.43. The number of phenols is 2. The fourth-order valence-electron chi connectivity index (χ4n) is 1.11. The first-order valence-corrected chi connectivity index (χ1v) is 7.50. The summed E-state index contributed by atoms with van der Waals surface area (Å²) in [6.45, 7) is 1.16. The van der Waals surface area contributed by atoms with Gasteiger partial charge in [-0.1, -0.05) is 0 Å². The maximum absolute atomic E-state index is 11.0. The summed E-state index contributed by atoms with van der Waals surface area (Å²) in [5.74, 6) is -1.73. The minimum absolute atomic E-state index is 0.243. The van der Waals surface area contributed by atoms with E-state index < -0.39 is 35.9 Å². The Bertz CT molecular complexity index is 480. The molecule has 0 heterocycles. The average Bonchev–Trinajstić information content (AvgIpc) is 2.07. The van der Waals surface area contributed by atoms with Crippen molar-refractivity contribution in [3.63, 3.8) is 0 Å². The van der Waals surface area contributed by atoms with Crippen molar-refractivity contribution in [2.45, 2.75) is 6.92 Å². The predicted molar refractivity (Wildman–Crippen MR) is 54.6 cm³/mol. The number of aromatic hydroxyl groups is 2. The topological polar surface area (TPSA) is 127 Å². The van der Waals surface area contributed by atoms with Crippen LogP contribution in [0.25, 0.3) is 0 Å². The summed E-state index contributed by atoms with van der Waals surface area (Å²) in [6.07, 6.45) is 0. The van der Waals surface area contributed by atoms with Crippen LogP contribution in [0.1, 0.15) is 6.92 Å². The Morgan fingerprint density at radius 2 is 1.88 bits per heavy atom. The van der Waals surface area contributed by atoms with Crippen molar-refractivity contribution in [3.05, 3.63) is 12.1 Å². The van der Waals surface area contributed by atoms with Gasteiger partial charge in [-0.3, -0.25) is 0 Å². The number of phenolic OH excluding ortho intramolecular Hbond substituents is 2. The Morgan fingerprint density at radius 3 is 2.31 bits per heavy atom. The molecule has 1 amide bonds. The van der Waals surface area contributed by atoms with E-state index in [-0.39, 0.29) is 5.69 Å². The third-order valence-electron chi connectivity index (χ3n) is 1.70. The van der Waals surface area contributed by atoms with Crippen LogP contribution in [0.4, 0.5) is 5.69 Å². The first-order chi connectivity index (χ1) is 7.21. The maximum atomic E-state index is 11.0. The zero-order valence-corrected chi connectivity index (χ0v) is 10.1. The Kier molecular flexibility index (Phi) is 3.32. The SMILES string of the molecule is CC(=O)Nc1cc(O)cc([As](=O)(O)O)c1O. The zero-order valence-electron chi connectivity index (χ0n) is 8.21. The van der Waals surface area contributed by atoms with Gasteiger partial charge in [-0.05, 0) is 0 Å². The van der Waals surface area contributed by atoms with Crippen LogP contribution in [-0.2, 0) is 8.53 Å². The Balaban J connectivity index is 3.38. The van der Waals surface area contributed by atoms with Crippen LogP contribution in [0, 0.1) is 0 Å². The number of anilines is 1. The van der Waals surface area contributed by atoms with Crippen LogP contribution in [-0.4, -0.2) is 38.5 Å². The van der Waals surface area contributed by atoms with Gasteiger partial charge < -0.3 is 0 Å². The second-order valence-corrected chi connectivity index (χ2v) is 6.38. The van der Waals surface area contributed by atoms with Crippen molar-refractivity contribution in [2.75, 3.05) is 5.32 Å². The molecule has 0 aliphatic rings. The predicted octanol–water partition coefficient (Wildman–Crippen LogP) is -1.38. The molecule has 0 bridgehead atoms. The molecule has 7 nitrogen and oxygen atoms in total. The number of benzene rings is 1. The molecule has 8 heteroatoms. The van der Waals surface area contributed by atoms with Gasteiger partial charge in [0.2, 0.25) is 0 Å². The fraction of sp³-hybridized carbons (Fsp3) is 0.125. The number of carbonyl (C=O) groups is 1. The van der Waals surface area contributed by atoms with Crippen molar-refractivity contribution in [1.82, 2.24) is 0 Å². The molecule has 0 aliphatic heterocycles. The van der Waals surface area contributed by atoms with Crippen LogP contribution < -0.4 is 9.67 Å². The van der Waals surface area contributed by atoms with E-state index in [1.165, 1.54) is 0 Å². The van der Waals surface area contributed by atoms with E-state index in [2.05, 4.69) is 5.32 Å². The van der Waals surface area contributed by atoms with Crippen LogP contribution in [0.5, 0.6) is 11.5 Å². The van der Waals surface area contributed by atoms with E-state index in [9.17, 15) is 18.7 Å². The van der Waals surface area contributed by atoms with Gasteiger partial charge in [0, 0.05) is 0 Å². The normalized spacial score (nSPS) is 11.2. The molecule has 0 saturated heterocycles. The van der Waals surface area contributed by atoms with E-state index >= 15 is 0 Å². The van der Waals surface area contributed by atoms with Gasteiger partial charge in [0.25, 0.3) is 0 Å². The molecule has 5 N–H and O–H groups in total. The van der Waals surface area contributed by atoms with E-state index in [1.807, 2.05) is 0 Å². The number of carbonyl (C=O) groups excluding carboxylic acids is 1. The molecule has 1 aromatic rings. The molecule has 16 heavy (non-hydrogen) atoms. The molecule has 1 rings (SSSR count). The van der Waals surface area contributed by atoms with E-state index in [0.29, 0.717) is 0 Å². The molecular weight excluding hydrogens is 281 g/mol. The molecule has 1 aromatic carbocycles. The summed E-state index contributed by atoms with van der Waals surface area (Å²) in [4.78, 5) is 10.7. The number of rotatable bonds is 2. The van der Waals surface area contributed by atoms with Gasteiger partial charge in [-0.2, -0.15) is 0 Å². The molecule has 0 unspecified atom stereocenters. The summed E-state index contributed by atoms with van der Waals surface area (Å²) < 4.78 is 28.2. The number of hydrogen-bond donors (Lipinski definition) is 5. The molecule has 0 radical (unpaired) electrons. The molecule has 0 saturated carbocycles. The molecule has 0 spiro atoms. The van der Waals surface area contributed by atoms with Crippen molar-refractivity contribution < 1.29 is 26.9 Å². The third kappa shape index (κ3) is 2.79. The average molecular weight is 291 g/mol. The molecule has 0 atom stereocenters. The van der Waals surface area contributed by atoms with E-state index in [1.54, 1.807) is 0 Å². The molecule has 0 aliphatic carbocycles. The number of nitrogens with one attached hydrogen (secondary N) is 1. The van der Waals surface area contributed by atoms with Crippen molar-refractivity contribution in [3.8, 4) is 11.5 Å². The summed E-state index contributed by atoms with van der Waals surface area (Å²) in [7, 11) is 0. The van der Waals surface area contributed by atoms with Gasteiger partial charge >= 0.3 is 92.9 Å². The molecule has 0 fully saturated rings. The van der Waals surface area contributed by atoms with Gasteiger partial charge in [0.1, 0.15) is 0 Å². The van der Waals surface area contributed by atoms with Gasteiger partial charge in [-0.25, -0.2) is 0 Å². The standard InChI is InChI=1S/C8H10AsNO6/c1-4(11)10-7-3-5(12)2-6(8(7)13)9(14,15)16/h2-3,12-13H,1H3,(H,10,11)(H2,14,15,16). The fourth-order valence-corrected chi connectivity index (χ4v) is 2.57. The van der Waals surface area contributed by atoms with Crippen LogP contribution in [0.3, 0.4) is 0 Å². The first kappa shape index (κ1) is 12.6. The summed E-state index contributed by atoms with van der Waals surface area (Å²) in [5.41, 5.74) is -0.243. The first-order valence-electron chi connectivity index (χ1n) is 4.11. The zero-order chi connectivity index (χ0) is 12.5. The van der Waals surface area contributed by atoms with E-state index in [4.69, 9.17) is 8.19 Å². The van der Waals surface area contributed by atoms with Crippen LogP contribution in [0.2, 0.25) is 0 Å². The second-order valence-electron chi connectivity index (χ2n) is 3.09. The van der Waals surface area contributed by atoms with Crippen molar-refractivity contribution in [2.24, 2.45) is 0 Å².